The molecule has 0 saturated carbocycles. The molecule has 0 radical (unpaired) electrons. The van der Waals surface area contributed by atoms with Gasteiger partial charge in [-0.15, -0.1) is 0 Å². The average molecular weight is 414 g/mol. The summed E-state index contributed by atoms with van der Waals surface area (Å²) < 4.78 is 5.98. The first-order valence-electron chi connectivity index (χ1n) is 12.6. The fourth-order valence-corrected chi connectivity index (χ4v) is 4.38. The van der Waals surface area contributed by atoms with Crippen molar-refractivity contribution < 1.29 is 4.74 Å². The standard InChI is InChI=1S/C25H51NOS/c1-4-7-9-11-12-13-14-15-16-17-18-19-21-23-25(6-3,27-24(26)28)22-20-10-8-5-2/h4-23H2,1-3H3,(H2,26,28). The van der Waals surface area contributed by atoms with Gasteiger partial charge in [0.2, 0.25) is 0 Å². The van der Waals surface area contributed by atoms with Gasteiger partial charge < -0.3 is 10.5 Å². The topological polar surface area (TPSA) is 35.2 Å². The van der Waals surface area contributed by atoms with Gasteiger partial charge in [0, 0.05) is 0 Å². The minimum atomic E-state index is -0.114. The second-order valence-electron chi connectivity index (χ2n) is 8.76. The Morgan fingerprint density at radius 1 is 0.607 bits per heavy atom. The zero-order valence-corrected chi connectivity index (χ0v) is 20.4. The van der Waals surface area contributed by atoms with Crippen LogP contribution in [0.3, 0.4) is 0 Å². The lowest BCUT2D eigenvalue weighted by molar-refractivity contribution is 0.0301. The molecule has 0 rings (SSSR count). The highest BCUT2D eigenvalue weighted by atomic mass is 32.1. The van der Waals surface area contributed by atoms with E-state index in [9.17, 15) is 0 Å². The predicted molar refractivity (Wildman–Crippen MR) is 130 cm³/mol. The molecule has 0 saturated heterocycles. The summed E-state index contributed by atoms with van der Waals surface area (Å²) in [6, 6.07) is 0. The molecule has 3 heteroatoms. The molecule has 28 heavy (non-hydrogen) atoms. The molecular weight excluding hydrogens is 362 g/mol. The number of unbranched alkanes of at least 4 members (excludes halogenated alkanes) is 15. The normalized spacial score (nSPS) is 13.4. The van der Waals surface area contributed by atoms with Gasteiger partial charge in [-0.05, 0) is 44.3 Å². The molecule has 0 bridgehead atoms. The maximum Gasteiger partial charge on any atom is 0.254 e. The van der Waals surface area contributed by atoms with Gasteiger partial charge in [-0.2, -0.15) is 0 Å². The van der Waals surface area contributed by atoms with Crippen LogP contribution in [0.4, 0.5) is 0 Å². The first-order valence-corrected chi connectivity index (χ1v) is 13.0. The van der Waals surface area contributed by atoms with Crippen molar-refractivity contribution in [1.82, 2.24) is 0 Å². The van der Waals surface area contributed by atoms with E-state index in [4.69, 9.17) is 22.7 Å². The molecule has 2 N–H and O–H groups in total. The summed E-state index contributed by atoms with van der Waals surface area (Å²) in [5.41, 5.74) is 5.62. The molecule has 0 spiro atoms. The van der Waals surface area contributed by atoms with E-state index in [1.54, 1.807) is 0 Å². The summed E-state index contributed by atoms with van der Waals surface area (Å²) in [5.74, 6) is 0. The third-order valence-corrected chi connectivity index (χ3v) is 6.27. The molecule has 0 aromatic rings. The number of hydrogen-bond donors (Lipinski definition) is 1. The Labute approximate surface area is 182 Å². The van der Waals surface area contributed by atoms with E-state index in [1.165, 1.54) is 109 Å². The van der Waals surface area contributed by atoms with Crippen molar-refractivity contribution in [2.75, 3.05) is 0 Å². The van der Waals surface area contributed by atoms with Crippen LogP contribution in [0.15, 0.2) is 0 Å². The Hall–Kier alpha value is -0.310. The Morgan fingerprint density at radius 2 is 0.929 bits per heavy atom. The molecule has 0 aliphatic heterocycles. The maximum absolute atomic E-state index is 5.98. The van der Waals surface area contributed by atoms with Gasteiger partial charge >= 0.3 is 0 Å². The minimum Gasteiger partial charge on any atom is -0.465 e. The lowest BCUT2D eigenvalue weighted by Crippen LogP contribution is -2.36. The quantitative estimate of drug-likeness (QED) is 0.151. The van der Waals surface area contributed by atoms with Crippen LogP contribution in [0.25, 0.3) is 0 Å². The third kappa shape index (κ3) is 16.6. The number of nitrogens with two attached hydrogens (primary N) is 1. The first-order chi connectivity index (χ1) is 13.6. The summed E-state index contributed by atoms with van der Waals surface area (Å²) in [7, 11) is 0. The minimum absolute atomic E-state index is 0.114. The maximum atomic E-state index is 5.98. The SMILES string of the molecule is CCCCCCCCCCCCCCCC(CC)(CCCCCC)OC(N)=S. The van der Waals surface area contributed by atoms with Crippen LogP contribution in [0.2, 0.25) is 0 Å². The lowest BCUT2D eigenvalue weighted by Gasteiger charge is -2.33. The Balaban J connectivity index is 3.79. The van der Waals surface area contributed by atoms with Crippen LogP contribution in [-0.2, 0) is 4.74 Å². The van der Waals surface area contributed by atoms with Crippen molar-refractivity contribution in [2.45, 2.75) is 155 Å². The Kier molecular flexibility index (Phi) is 19.8. The summed E-state index contributed by atoms with van der Waals surface area (Å²) in [5, 5.41) is 0.229. The van der Waals surface area contributed by atoms with E-state index in [1.807, 2.05) is 0 Å². The van der Waals surface area contributed by atoms with Crippen LogP contribution in [-0.4, -0.2) is 10.8 Å². The van der Waals surface area contributed by atoms with E-state index in [2.05, 4.69) is 20.8 Å². The van der Waals surface area contributed by atoms with E-state index in [-0.39, 0.29) is 10.8 Å². The van der Waals surface area contributed by atoms with Gasteiger partial charge in [-0.25, -0.2) is 0 Å². The van der Waals surface area contributed by atoms with Crippen molar-refractivity contribution in [1.29, 1.82) is 0 Å². The fraction of sp³-hybridized carbons (Fsp3) is 0.960. The average Bonchev–Trinajstić information content (AvgIpc) is 2.68. The van der Waals surface area contributed by atoms with Gasteiger partial charge in [-0.3, -0.25) is 0 Å². The van der Waals surface area contributed by atoms with Crippen LogP contribution >= 0.6 is 12.2 Å². The molecule has 0 amide bonds. The van der Waals surface area contributed by atoms with Crippen molar-refractivity contribution >= 4 is 17.4 Å². The molecule has 2 nitrogen and oxygen atoms in total. The zero-order chi connectivity index (χ0) is 20.9. The highest BCUT2D eigenvalue weighted by Crippen LogP contribution is 2.30. The second kappa shape index (κ2) is 20.0. The van der Waals surface area contributed by atoms with Crippen LogP contribution in [0.1, 0.15) is 149 Å². The molecule has 0 fully saturated rings. The van der Waals surface area contributed by atoms with Crippen molar-refractivity contribution in [3.8, 4) is 0 Å². The second-order valence-corrected chi connectivity index (χ2v) is 9.16. The molecule has 168 valence electrons. The molecule has 0 aromatic carbocycles. The largest absolute Gasteiger partial charge is 0.465 e. The van der Waals surface area contributed by atoms with Crippen molar-refractivity contribution in [3.05, 3.63) is 0 Å². The monoisotopic (exact) mass is 413 g/mol. The number of thiocarbonyl (C=S) groups is 1. The third-order valence-electron chi connectivity index (χ3n) is 6.18. The molecular formula is C25H51NOS. The zero-order valence-electron chi connectivity index (χ0n) is 19.5. The predicted octanol–water partition coefficient (Wildman–Crippen LogP) is 8.85. The lowest BCUT2D eigenvalue weighted by atomic mass is 9.87. The summed E-state index contributed by atoms with van der Waals surface area (Å²) in [6.07, 6.45) is 26.4. The smallest absolute Gasteiger partial charge is 0.254 e. The van der Waals surface area contributed by atoms with Crippen molar-refractivity contribution in [3.63, 3.8) is 0 Å². The molecule has 0 aliphatic carbocycles. The Morgan fingerprint density at radius 3 is 1.25 bits per heavy atom. The van der Waals surface area contributed by atoms with Gasteiger partial charge in [0.1, 0.15) is 5.60 Å². The van der Waals surface area contributed by atoms with Crippen LogP contribution < -0.4 is 5.73 Å². The number of rotatable bonds is 21. The van der Waals surface area contributed by atoms with E-state index >= 15 is 0 Å². The fourth-order valence-electron chi connectivity index (χ4n) is 4.21. The number of ether oxygens (including phenoxy) is 1. The van der Waals surface area contributed by atoms with E-state index < -0.39 is 0 Å². The Bertz CT molecular complexity index is 347. The molecule has 1 unspecified atom stereocenters. The van der Waals surface area contributed by atoms with Crippen LogP contribution in [0.5, 0.6) is 0 Å². The summed E-state index contributed by atoms with van der Waals surface area (Å²) in [6.45, 7) is 6.77. The highest BCUT2D eigenvalue weighted by Gasteiger charge is 2.29. The van der Waals surface area contributed by atoms with Gasteiger partial charge in [0.15, 0.2) is 0 Å². The van der Waals surface area contributed by atoms with E-state index in [0.29, 0.717) is 0 Å². The van der Waals surface area contributed by atoms with Crippen LogP contribution in [0, 0.1) is 0 Å². The van der Waals surface area contributed by atoms with Gasteiger partial charge in [0.05, 0.1) is 0 Å². The summed E-state index contributed by atoms with van der Waals surface area (Å²) in [4.78, 5) is 0. The first kappa shape index (κ1) is 27.7. The van der Waals surface area contributed by atoms with Gasteiger partial charge in [-0.1, -0.05) is 117 Å². The molecule has 0 aliphatic rings. The summed E-state index contributed by atoms with van der Waals surface area (Å²) >= 11 is 5.07. The number of hydrogen-bond acceptors (Lipinski definition) is 2. The van der Waals surface area contributed by atoms with Gasteiger partial charge in [0.25, 0.3) is 5.17 Å². The molecule has 1 atom stereocenters. The van der Waals surface area contributed by atoms with E-state index in [0.717, 1.165) is 19.3 Å². The van der Waals surface area contributed by atoms with Crippen molar-refractivity contribution in [2.24, 2.45) is 5.73 Å². The molecule has 0 aromatic heterocycles. The highest BCUT2D eigenvalue weighted by molar-refractivity contribution is 7.80. The molecule has 0 heterocycles.